The van der Waals surface area contributed by atoms with Crippen molar-refractivity contribution in [2.75, 3.05) is 5.32 Å². The van der Waals surface area contributed by atoms with Crippen LogP contribution in [0, 0.1) is 6.92 Å². The van der Waals surface area contributed by atoms with Crippen LogP contribution >= 0.6 is 12.2 Å². The predicted molar refractivity (Wildman–Crippen MR) is 74.2 cm³/mol. The Morgan fingerprint density at radius 3 is 2.89 bits per heavy atom. The van der Waals surface area contributed by atoms with Crippen molar-refractivity contribution in [2.45, 2.75) is 13.5 Å². The summed E-state index contributed by atoms with van der Waals surface area (Å²) >= 11 is 4.87. The molecular weight excluding hydrogens is 246 g/mol. The highest BCUT2D eigenvalue weighted by Gasteiger charge is 2.03. The van der Waals surface area contributed by atoms with Gasteiger partial charge in [0.25, 0.3) is 0 Å². The first kappa shape index (κ1) is 12.4. The lowest BCUT2D eigenvalue weighted by Crippen LogP contribution is -2.14. The monoisotopic (exact) mass is 259 g/mol. The van der Waals surface area contributed by atoms with Gasteiger partial charge in [-0.2, -0.15) is 0 Å². The SMILES string of the molecule is Cc1cccnc1CNc1nccc(C(N)=S)n1. The highest BCUT2D eigenvalue weighted by Crippen LogP contribution is 2.06. The third kappa shape index (κ3) is 2.98. The van der Waals surface area contributed by atoms with Gasteiger partial charge in [0.05, 0.1) is 12.2 Å². The van der Waals surface area contributed by atoms with Crippen LogP contribution in [0.4, 0.5) is 5.95 Å². The summed E-state index contributed by atoms with van der Waals surface area (Å²) in [6.07, 6.45) is 3.38. The maximum atomic E-state index is 5.52. The molecule has 18 heavy (non-hydrogen) atoms. The van der Waals surface area contributed by atoms with Crippen LogP contribution in [0.3, 0.4) is 0 Å². The van der Waals surface area contributed by atoms with Crippen molar-refractivity contribution >= 4 is 23.2 Å². The van der Waals surface area contributed by atoms with Crippen molar-refractivity contribution in [1.29, 1.82) is 0 Å². The fourth-order valence-corrected chi connectivity index (χ4v) is 1.56. The quantitative estimate of drug-likeness (QED) is 0.809. The summed E-state index contributed by atoms with van der Waals surface area (Å²) < 4.78 is 0. The highest BCUT2D eigenvalue weighted by molar-refractivity contribution is 7.80. The Hall–Kier alpha value is -2.08. The molecule has 0 unspecified atom stereocenters. The van der Waals surface area contributed by atoms with E-state index < -0.39 is 0 Å². The third-order valence-electron chi connectivity index (χ3n) is 2.44. The molecule has 0 radical (unpaired) electrons. The van der Waals surface area contributed by atoms with E-state index in [0.29, 0.717) is 18.2 Å². The summed E-state index contributed by atoms with van der Waals surface area (Å²) in [6.45, 7) is 2.57. The number of hydrogen-bond acceptors (Lipinski definition) is 5. The van der Waals surface area contributed by atoms with E-state index in [4.69, 9.17) is 18.0 Å². The first-order chi connectivity index (χ1) is 8.66. The minimum atomic E-state index is 0.259. The molecule has 0 atom stereocenters. The van der Waals surface area contributed by atoms with Crippen LogP contribution in [0.25, 0.3) is 0 Å². The normalized spacial score (nSPS) is 10.1. The zero-order chi connectivity index (χ0) is 13.0. The minimum Gasteiger partial charge on any atom is -0.388 e. The number of aromatic nitrogens is 3. The second kappa shape index (κ2) is 5.50. The predicted octanol–water partition coefficient (Wildman–Crippen LogP) is 1.43. The van der Waals surface area contributed by atoms with Crippen molar-refractivity contribution in [3.05, 3.63) is 47.5 Å². The number of hydrogen-bond donors (Lipinski definition) is 2. The lowest BCUT2D eigenvalue weighted by atomic mass is 10.2. The largest absolute Gasteiger partial charge is 0.388 e. The van der Waals surface area contributed by atoms with Crippen LogP contribution in [-0.2, 0) is 6.54 Å². The molecule has 6 heteroatoms. The molecule has 0 aliphatic rings. The molecule has 5 nitrogen and oxygen atoms in total. The highest BCUT2D eigenvalue weighted by atomic mass is 32.1. The molecule has 0 saturated heterocycles. The Balaban J connectivity index is 2.09. The van der Waals surface area contributed by atoms with Gasteiger partial charge in [-0.25, -0.2) is 9.97 Å². The van der Waals surface area contributed by atoms with Crippen molar-refractivity contribution in [2.24, 2.45) is 5.73 Å². The van der Waals surface area contributed by atoms with Gasteiger partial charge in [0.15, 0.2) is 0 Å². The minimum absolute atomic E-state index is 0.259. The topological polar surface area (TPSA) is 76.7 Å². The van der Waals surface area contributed by atoms with Crippen molar-refractivity contribution in [3.63, 3.8) is 0 Å². The van der Waals surface area contributed by atoms with Crippen molar-refractivity contribution in [3.8, 4) is 0 Å². The summed E-state index contributed by atoms with van der Waals surface area (Å²) in [5.74, 6) is 0.491. The molecule has 0 amide bonds. The van der Waals surface area contributed by atoms with Crippen molar-refractivity contribution < 1.29 is 0 Å². The van der Waals surface area contributed by atoms with E-state index in [9.17, 15) is 0 Å². The van der Waals surface area contributed by atoms with Gasteiger partial charge in [0.1, 0.15) is 10.7 Å². The zero-order valence-corrected chi connectivity index (χ0v) is 10.7. The lowest BCUT2D eigenvalue weighted by Gasteiger charge is -2.07. The van der Waals surface area contributed by atoms with E-state index in [2.05, 4.69) is 20.3 Å². The molecule has 0 fully saturated rings. The average Bonchev–Trinajstić information content (AvgIpc) is 2.38. The molecule has 2 aromatic heterocycles. The number of thiocarbonyl (C=S) groups is 1. The molecule has 2 heterocycles. The van der Waals surface area contributed by atoms with Gasteiger partial charge in [-0.15, -0.1) is 0 Å². The Morgan fingerprint density at radius 2 is 2.17 bits per heavy atom. The third-order valence-corrected chi connectivity index (χ3v) is 2.65. The molecular formula is C12H13N5S. The van der Waals surface area contributed by atoms with Gasteiger partial charge >= 0.3 is 0 Å². The number of aryl methyl sites for hydroxylation is 1. The second-order valence-corrected chi connectivity index (χ2v) is 4.19. The van der Waals surface area contributed by atoms with Gasteiger partial charge in [0.2, 0.25) is 5.95 Å². The van der Waals surface area contributed by atoms with Crippen molar-refractivity contribution in [1.82, 2.24) is 15.0 Å². The zero-order valence-electron chi connectivity index (χ0n) is 9.92. The van der Waals surface area contributed by atoms with E-state index in [1.165, 1.54) is 0 Å². The second-order valence-electron chi connectivity index (χ2n) is 3.75. The smallest absolute Gasteiger partial charge is 0.223 e. The summed E-state index contributed by atoms with van der Waals surface area (Å²) in [5.41, 5.74) is 8.15. The van der Waals surface area contributed by atoms with E-state index >= 15 is 0 Å². The number of nitrogens with one attached hydrogen (secondary N) is 1. The average molecular weight is 259 g/mol. The van der Waals surface area contributed by atoms with Gasteiger partial charge < -0.3 is 11.1 Å². The number of anilines is 1. The standard InChI is InChI=1S/C12H13N5S/c1-8-3-2-5-14-10(8)7-16-12-15-6-4-9(17-12)11(13)18/h2-6H,7H2,1H3,(H2,13,18)(H,15,16,17). The van der Waals surface area contributed by atoms with Crippen LogP contribution in [0.1, 0.15) is 17.0 Å². The number of pyridine rings is 1. The summed E-state index contributed by atoms with van der Waals surface area (Å²) in [5, 5.41) is 3.10. The van der Waals surface area contributed by atoms with Crippen LogP contribution < -0.4 is 11.1 Å². The molecule has 2 aromatic rings. The molecule has 0 aliphatic carbocycles. The summed E-state index contributed by atoms with van der Waals surface area (Å²) in [4.78, 5) is 12.8. The maximum absolute atomic E-state index is 5.52. The molecule has 2 rings (SSSR count). The van der Waals surface area contributed by atoms with E-state index in [-0.39, 0.29) is 4.99 Å². The fourth-order valence-electron chi connectivity index (χ4n) is 1.45. The van der Waals surface area contributed by atoms with Crippen LogP contribution in [-0.4, -0.2) is 19.9 Å². The maximum Gasteiger partial charge on any atom is 0.223 e. The van der Waals surface area contributed by atoms with Crippen LogP contribution in [0.5, 0.6) is 0 Å². The molecule has 0 saturated carbocycles. The van der Waals surface area contributed by atoms with E-state index in [1.807, 2.05) is 19.1 Å². The number of nitrogens with two attached hydrogens (primary N) is 1. The Bertz CT molecular complexity index is 570. The molecule has 0 bridgehead atoms. The van der Waals surface area contributed by atoms with E-state index in [0.717, 1.165) is 11.3 Å². The molecule has 0 aliphatic heterocycles. The van der Waals surface area contributed by atoms with E-state index in [1.54, 1.807) is 18.5 Å². The summed E-state index contributed by atoms with van der Waals surface area (Å²) in [7, 11) is 0. The van der Waals surface area contributed by atoms with Gasteiger partial charge in [-0.1, -0.05) is 18.3 Å². The molecule has 92 valence electrons. The van der Waals surface area contributed by atoms with Crippen LogP contribution in [0.15, 0.2) is 30.6 Å². The van der Waals surface area contributed by atoms with Crippen LogP contribution in [0.2, 0.25) is 0 Å². The lowest BCUT2D eigenvalue weighted by molar-refractivity contribution is 0.981. The Morgan fingerprint density at radius 1 is 1.33 bits per heavy atom. The number of rotatable bonds is 4. The Labute approximate surface area is 110 Å². The fraction of sp³-hybridized carbons (Fsp3) is 0.167. The van der Waals surface area contributed by atoms with Gasteiger partial charge in [-0.3, -0.25) is 4.98 Å². The van der Waals surface area contributed by atoms with Gasteiger partial charge in [0, 0.05) is 12.4 Å². The molecule has 3 N–H and O–H groups in total. The summed E-state index contributed by atoms with van der Waals surface area (Å²) in [6, 6.07) is 5.60. The Kier molecular flexibility index (Phi) is 3.78. The van der Waals surface area contributed by atoms with Gasteiger partial charge in [-0.05, 0) is 24.6 Å². The first-order valence-corrected chi connectivity index (χ1v) is 5.85. The first-order valence-electron chi connectivity index (χ1n) is 5.44. The molecule has 0 aromatic carbocycles. The molecule has 0 spiro atoms. The number of nitrogens with zero attached hydrogens (tertiary/aromatic N) is 3.